The maximum Gasteiger partial charge on any atom is 0.228 e. The molecular formula is C14H16N2O2. The van der Waals surface area contributed by atoms with E-state index in [2.05, 4.69) is 4.98 Å². The molecule has 1 amide bonds. The van der Waals surface area contributed by atoms with Crippen LogP contribution in [0.15, 0.2) is 34.7 Å². The van der Waals surface area contributed by atoms with Gasteiger partial charge in [-0.2, -0.15) is 0 Å². The number of hydrogen-bond donors (Lipinski definition) is 0. The molecule has 4 heteroatoms. The maximum absolute atomic E-state index is 11.7. The molecule has 0 bridgehead atoms. The van der Waals surface area contributed by atoms with E-state index < -0.39 is 0 Å². The van der Waals surface area contributed by atoms with Gasteiger partial charge < -0.3 is 9.32 Å². The molecule has 18 heavy (non-hydrogen) atoms. The van der Waals surface area contributed by atoms with Crippen molar-refractivity contribution in [2.75, 3.05) is 14.1 Å². The number of oxazole rings is 1. The van der Waals surface area contributed by atoms with Crippen molar-refractivity contribution in [3.8, 4) is 11.5 Å². The van der Waals surface area contributed by atoms with Crippen LogP contribution in [0.4, 0.5) is 0 Å². The van der Waals surface area contributed by atoms with E-state index in [1.54, 1.807) is 19.0 Å². The highest BCUT2D eigenvalue weighted by Gasteiger charge is 2.15. The summed E-state index contributed by atoms with van der Waals surface area (Å²) < 4.78 is 5.60. The molecule has 1 aromatic heterocycles. The predicted octanol–water partition coefficient (Wildman–Crippen LogP) is 2.28. The fraction of sp³-hybridized carbons (Fsp3) is 0.286. The summed E-state index contributed by atoms with van der Waals surface area (Å²) in [7, 11) is 3.46. The van der Waals surface area contributed by atoms with Crippen LogP contribution < -0.4 is 0 Å². The number of amides is 1. The minimum atomic E-state index is 0.0195. The number of carbonyl (C=O) groups excluding carboxylic acids is 1. The highest BCUT2D eigenvalue weighted by molar-refractivity contribution is 5.78. The van der Waals surface area contributed by atoms with Crippen LogP contribution in [0, 0.1) is 6.92 Å². The van der Waals surface area contributed by atoms with Gasteiger partial charge in [-0.3, -0.25) is 4.79 Å². The van der Waals surface area contributed by atoms with Crippen molar-refractivity contribution in [2.45, 2.75) is 13.3 Å². The lowest BCUT2D eigenvalue weighted by Crippen LogP contribution is -2.23. The first-order chi connectivity index (χ1) is 8.58. The largest absolute Gasteiger partial charge is 0.441 e. The minimum Gasteiger partial charge on any atom is -0.441 e. The van der Waals surface area contributed by atoms with E-state index in [1.807, 2.05) is 37.3 Å². The molecule has 0 radical (unpaired) electrons. The van der Waals surface area contributed by atoms with Gasteiger partial charge in [0.1, 0.15) is 5.76 Å². The Kier molecular flexibility index (Phi) is 3.46. The third-order valence-corrected chi connectivity index (χ3v) is 2.73. The SMILES string of the molecule is Cc1oc(-c2ccccc2)nc1CC(=O)N(C)C. The average molecular weight is 244 g/mol. The molecule has 4 nitrogen and oxygen atoms in total. The van der Waals surface area contributed by atoms with E-state index in [0.717, 1.165) is 5.56 Å². The summed E-state index contributed by atoms with van der Waals surface area (Å²) in [6, 6.07) is 9.67. The average Bonchev–Trinajstić information content (AvgIpc) is 2.72. The fourth-order valence-corrected chi connectivity index (χ4v) is 1.60. The Morgan fingerprint density at radius 1 is 1.28 bits per heavy atom. The van der Waals surface area contributed by atoms with Gasteiger partial charge in [0, 0.05) is 19.7 Å². The number of aryl methyl sites for hydroxylation is 1. The lowest BCUT2D eigenvalue weighted by atomic mass is 10.2. The van der Waals surface area contributed by atoms with Crippen LogP contribution in [0.1, 0.15) is 11.5 Å². The van der Waals surface area contributed by atoms with Crippen molar-refractivity contribution >= 4 is 5.91 Å². The van der Waals surface area contributed by atoms with Gasteiger partial charge in [0.25, 0.3) is 0 Å². The molecule has 1 heterocycles. The fourth-order valence-electron chi connectivity index (χ4n) is 1.60. The van der Waals surface area contributed by atoms with Gasteiger partial charge in [-0.1, -0.05) is 18.2 Å². The summed E-state index contributed by atoms with van der Waals surface area (Å²) in [5.74, 6) is 1.28. The van der Waals surface area contributed by atoms with Crippen LogP contribution in [0.5, 0.6) is 0 Å². The van der Waals surface area contributed by atoms with Crippen molar-refractivity contribution in [2.24, 2.45) is 0 Å². The summed E-state index contributed by atoms with van der Waals surface area (Å²) in [5.41, 5.74) is 1.62. The zero-order valence-corrected chi connectivity index (χ0v) is 10.8. The minimum absolute atomic E-state index is 0.0195. The molecule has 94 valence electrons. The van der Waals surface area contributed by atoms with Gasteiger partial charge in [0.15, 0.2) is 0 Å². The molecule has 1 aromatic carbocycles. The normalized spacial score (nSPS) is 10.4. The predicted molar refractivity (Wildman–Crippen MR) is 69.1 cm³/mol. The van der Waals surface area contributed by atoms with Crippen LogP contribution in [0.3, 0.4) is 0 Å². The van der Waals surface area contributed by atoms with Gasteiger partial charge in [-0.15, -0.1) is 0 Å². The number of hydrogen-bond acceptors (Lipinski definition) is 3. The van der Waals surface area contributed by atoms with Crippen molar-refractivity contribution in [3.05, 3.63) is 41.8 Å². The number of benzene rings is 1. The van der Waals surface area contributed by atoms with Gasteiger partial charge in [0.05, 0.1) is 12.1 Å². The molecule has 0 atom stereocenters. The Bertz CT molecular complexity index is 544. The van der Waals surface area contributed by atoms with E-state index in [1.165, 1.54) is 0 Å². The Morgan fingerprint density at radius 2 is 1.94 bits per heavy atom. The monoisotopic (exact) mass is 244 g/mol. The third kappa shape index (κ3) is 2.59. The van der Waals surface area contributed by atoms with E-state index in [-0.39, 0.29) is 12.3 Å². The Hall–Kier alpha value is -2.10. The topological polar surface area (TPSA) is 46.3 Å². The lowest BCUT2D eigenvalue weighted by Gasteiger charge is -2.08. The second kappa shape index (κ2) is 5.04. The second-order valence-corrected chi connectivity index (χ2v) is 4.35. The summed E-state index contributed by atoms with van der Waals surface area (Å²) >= 11 is 0. The van der Waals surface area contributed by atoms with Crippen LogP contribution in [0.25, 0.3) is 11.5 Å². The number of nitrogens with zero attached hydrogens (tertiary/aromatic N) is 2. The Morgan fingerprint density at radius 3 is 2.56 bits per heavy atom. The molecule has 0 aliphatic carbocycles. The third-order valence-electron chi connectivity index (χ3n) is 2.73. The Labute approximate surface area is 106 Å². The first-order valence-electron chi connectivity index (χ1n) is 5.80. The Balaban J connectivity index is 2.25. The number of aromatic nitrogens is 1. The summed E-state index contributed by atoms with van der Waals surface area (Å²) in [6.07, 6.45) is 0.273. The first-order valence-corrected chi connectivity index (χ1v) is 5.80. The zero-order chi connectivity index (χ0) is 13.1. The molecule has 0 unspecified atom stereocenters. The van der Waals surface area contributed by atoms with Crippen molar-refractivity contribution in [1.29, 1.82) is 0 Å². The van der Waals surface area contributed by atoms with E-state index in [0.29, 0.717) is 17.3 Å². The second-order valence-electron chi connectivity index (χ2n) is 4.35. The highest BCUT2D eigenvalue weighted by Crippen LogP contribution is 2.21. The molecule has 0 aliphatic rings. The molecule has 0 aliphatic heterocycles. The van der Waals surface area contributed by atoms with Crippen LogP contribution in [0.2, 0.25) is 0 Å². The van der Waals surface area contributed by atoms with Gasteiger partial charge in [0.2, 0.25) is 11.8 Å². The van der Waals surface area contributed by atoms with E-state index in [4.69, 9.17) is 4.42 Å². The summed E-state index contributed by atoms with van der Waals surface area (Å²) in [5, 5.41) is 0. The number of likely N-dealkylation sites (N-methyl/N-ethyl adjacent to an activating group) is 1. The first kappa shape index (κ1) is 12.4. The number of rotatable bonds is 3. The molecule has 0 saturated heterocycles. The maximum atomic E-state index is 11.7. The molecule has 0 spiro atoms. The summed E-state index contributed by atoms with van der Waals surface area (Å²) in [6.45, 7) is 1.83. The molecule has 0 fully saturated rings. The smallest absolute Gasteiger partial charge is 0.228 e. The van der Waals surface area contributed by atoms with Crippen molar-refractivity contribution < 1.29 is 9.21 Å². The van der Waals surface area contributed by atoms with Crippen LogP contribution >= 0.6 is 0 Å². The molecule has 0 saturated carbocycles. The van der Waals surface area contributed by atoms with Crippen molar-refractivity contribution in [3.63, 3.8) is 0 Å². The molecule has 2 rings (SSSR count). The lowest BCUT2D eigenvalue weighted by molar-refractivity contribution is -0.128. The molecule has 2 aromatic rings. The highest BCUT2D eigenvalue weighted by atomic mass is 16.4. The zero-order valence-electron chi connectivity index (χ0n) is 10.8. The van der Waals surface area contributed by atoms with Gasteiger partial charge in [-0.25, -0.2) is 4.98 Å². The molecule has 0 N–H and O–H groups in total. The van der Waals surface area contributed by atoms with Gasteiger partial charge >= 0.3 is 0 Å². The van der Waals surface area contributed by atoms with E-state index >= 15 is 0 Å². The standard InChI is InChI=1S/C14H16N2O2/c1-10-12(9-13(17)16(2)3)15-14(18-10)11-7-5-4-6-8-11/h4-8H,9H2,1-3H3. The number of carbonyl (C=O) groups is 1. The summed E-state index contributed by atoms with van der Waals surface area (Å²) in [4.78, 5) is 17.6. The van der Waals surface area contributed by atoms with Crippen molar-refractivity contribution in [1.82, 2.24) is 9.88 Å². The van der Waals surface area contributed by atoms with Crippen LogP contribution in [-0.2, 0) is 11.2 Å². The quantitative estimate of drug-likeness (QED) is 0.832. The van der Waals surface area contributed by atoms with Gasteiger partial charge in [-0.05, 0) is 19.1 Å². The molecular weight excluding hydrogens is 228 g/mol. The van der Waals surface area contributed by atoms with E-state index in [9.17, 15) is 4.79 Å². The van der Waals surface area contributed by atoms with Crippen LogP contribution in [-0.4, -0.2) is 29.9 Å².